The lowest BCUT2D eigenvalue weighted by molar-refractivity contribution is 0.0953. The average molecular weight is 469 g/mol. The van der Waals surface area contributed by atoms with Crippen LogP contribution in [-0.4, -0.2) is 46.5 Å². The Bertz CT molecular complexity index is 681. The Morgan fingerprint density at radius 1 is 0.931 bits per heavy atom. The van der Waals surface area contributed by atoms with Crippen LogP contribution in [0, 0.1) is 0 Å². The fourth-order valence-electron chi connectivity index (χ4n) is 3.27. The fourth-order valence-corrected chi connectivity index (χ4v) is 3.79. The summed E-state index contributed by atoms with van der Waals surface area (Å²) >= 11 is 0. The van der Waals surface area contributed by atoms with E-state index in [9.17, 15) is 13.2 Å². The minimum atomic E-state index is -3.73. The monoisotopic (exact) mass is 468 g/mol. The molecule has 168 valence electrons. The van der Waals surface area contributed by atoms with Gasteiger partial charge < -0.3 is 16.0 Å². The number of halogens is 2. The number of hydrogen-bond donors (Lipinski definition) is 4. The van der Waals surface area contributed by atoms with Gasteiger partial charge in [-0.05, 0) is 56.5 Å². The van der Waals surface area contributed by atoms with Crippen molar-refractivity contribution in [2.24, 2.45) is 5.14 Å². The molecule has 0 spiro atoms. The molecule has 0 aliphatic heterocycles. The zero-order chi connectivity index (χ0) is 19.5. The number of amides is 1. The van der Waals surface area contributed by atoms with Crippen LogP contribution in [0.5, 0.6) is 0 Å². The molecule has 0 saturated heterocycles. The molecule has 1 aromatic carbocycles. The summed E-state index contributed by atoms with van der Waals surface area (Å²) in [5.74, 6) is -0.208. The second kappa shape index (κ2) is 15.0. The van der Waals surface area contributed by atoms with Gasteiger partial charge in [0.1, 0.15) is 0 Å². The Morgan fingerprint density at radius 3 is 2.17 bits per heavy atom. The maximum Gasteiger partial charge on any atom is 0.251 e. The molecule has 29 heavy (non-hydrogen) atoms. The predicted octanol–water partition coefficient (Wildman–Crippen LogP) is 2.20. The van der Waals surface area contributed by atoms with Gasteiger partial charge in [0.05, 0.1) is 4.90 Å². The highest BCUT2D eigenvalue weighted by molar-refractivity contribution is 7.89. The molecule has 10 heteroatoms. The molecule has 5 N–H and O–H groups in total. The first-order chi connectivity index (χ1) is 13.0. The number of carbonyl (C=O) groups excluding carboxylic acids is 1. The minimum Gasteiger partial charge on any atom is -0.352 e. The Morgan fingerprint density at radius 2 is 1.55 bits per heavy atom. The molecule has 0 aromatic heterocycles. The lowest BCUT2D eigenvalue weighted by Gasteiger charge is -2.22. The number of sulfonamides is 1. The first-order valence-electron chi connectivity index (χ1n) is 9.82. The molecular formula is C19H34Cl2N4O3S. The van der Waals surface area contributed by atoms with Crippen molar-refractivity contribution in [3.63, 3.8) is 0 Å². The molecular weight excluding hydrogens is 435 g/mol. The van der Waals surface area contributed by atoms with Crippen LogP contribution in [0.25, 0.3) is 0 Å². The maximum absolute atomic E-state index is 12.0. The van der Waals surface area contributed by atoms with Crippen LogP contribution < -0.4 is 21.1 Å². The molecule has 1 aromatic rings. The molecule has 0 unspecified atom stereocenters. The number of carbonyl (C=O) groups is 1. The Kier molecular flexibility index (Phi) is 14.5. The van der Waals surface area contributed by atoms with Crippen molar-refractivity contribution in [1.82, 2.24) is 16.0 Å². The van der Waals surface area contributed by atoms with Gasteiger partial charge in [0.2, 0.25) is 10.0 Å². The molecule has 1 aliphatic carbocycles. The zero-order valence-corrected chi connectivity index (χ0v) is 19.1. The molecule has 0 radical (unpaired) electrons. The summed E-state index contributed by atoms with van der Waals surface area (Å²) in [4.78, 5) is 12.0. The SMILES string of the molecule is Cl.Cl.NS(=O)(=O)c1ccc(C(=O)NCCCCNCCNC2CCCCC2)cc1. The summed E-state index contributed by atoms with van der Waals surface area (Å²) in [6.07, 6.45) is 8.60. The van der Waals surface area contributed by atoms with E-state index in [4.69, 9.17) is 5.14 Å². The summed E-state index contributed by atoms with van der Waals surface area (Å²) in [6.45, 7) is 3.51. The number of hydrogen-bond acceptors (Lipinski definition) is 5. The molecule has 0 atom stereocenters. The lowest BCUT2D eigenvalue weighted by Crippen LogP contribution is -2.36. The van der Waals surface area contributed by atoms with Crippen LogP contribution in [0.4, 0.5) is 0 Å². The van der Waals surface area contributed by atoms with E-state index >= 15 is 0 Å². The number of nitrogens with two attached hydrogens (primary N) is 1. The van der Waals surface area contributed by atoms with E-state index in [1.807, 2.05) is 0 Å². The third kappa shape index (κ3) is 11.2. The van der Waals surface area contributed by atoms with Gasteiger partial charge in [-0.3, -0.25) is 4.79 Å². The van der Waals surface area contributed by atoms with Crippen molar-refractivity contribution in [2.75, 3.05) is 26.2 Å². The number of unbranched alkanes of at least 4 members (excludes halogenated alkanes) is 1. The lowest BCUT2D eigenvalue weighted by atomic mass is 9.95. The molecule has 2 rings (SSSR count). The van der Waals surface area contributed by atoms with Crippen molar-refractivity contribution in [2.45, 2.75) is 55.9 Å². The predicted molar refractivity (Wildman–Crippen MR) is 122 cm³/mol. The fraction of sp³-hybridized carbons (Fsp3) is 0.632. The minimum absolute atomic E-state index is 0. The summed E-state index contributed by atoms with van der Waals surface area (Å²) in [5, 5.41) is 14.9. The molecule has 7 nitrogen and oxygen atoms in total. The van der Waals surface area contributed by atoms with Crippen LogP contribution in [-0.2, 0) is 10.0 Å². The van der Waals surface area contributed by atoms with Gasteiger partial charge in [-0.1, -0.05) is 19.3 Å². The van der Waals surface area contributed by atoms with E-state index < -0.39 is 10.0 Å². The second-order valence-corrected chi connectivity index (χ2v) is 8.63. The molecule has 1 saturated carbocycles. The summed E-state index contributed by atoms with van der Waals surface area (Å²) in [5.41, 5.74) is 0.425. The van der Waals surface area contributed by atoms with Gasteiger partial charge in [-0.15, -0.1) is 24.8 Å². The van der Waals surface area contributed by atoms with E-state index in [0.717, 1.165) is 32.5 Å². The van der Waals surface area contributed by atoms with Crippen molar-refractivity contribution < 1.29 is 13.2 Å². The van der Waals surface area contributed by atoms with E-state index in [2.05, 4.69) is 16.0 Å². The number of benzene rings is 1. The van der Waals surface area contributed by atoms with Gasteiger partial charge in [0, 0.05) is 31.2 Å². The van der Waals surface area contributed by atoms with Gasteiger partial charge in [-0.2, -0.15) is 0 Å². The third-order valence-electron chi connectivity index (χ3n) is 4.85. The Labute approximate surface area is 186 Å². The smallest absolute Gasteiger partial charge is 0.251 e. The standard InChI is InChI=1S/C19H32N4O3S.2ClH/c20-27(25,26)18-10-8-16(9-11-18)19(24)23-13-5-4-12-21-14-15-22-17-6-2-1-3-7-17;;/h8-11,17,21-22H,1-7,12-15H2,(H,23,24)(H2,20,25,26);2*1H. The van der Waals surface area contributed by atoms with Crippen LogP contribution in [0.2, 0.25) is 0 Å². The number of nitrogens with one attached hydrogen (secondary N) is 3. The summed E-state index contributed by atoms with van der Waals surface area (Å²) in [6, 6.07) is 6.33. The second-order valence-electron chi connectivity index (χ2n) is 7.07. The van der Waals surface area contributed by atoms with Crippen LogP contribution in [0.15, 0.2) is 29.2 Å². The van der Waals surface area contributed by atoms with Crippen LogP contribution >= 0.6 is 24.8 Å². The molecule has 0 bridgehead atoms. The summed E-state index contributed by atoms with van der Waals surface area (Å²) < 4.78 is 22.4. The van der Waals surface area contributed by atoms with Crippen molar-refractivity contribution in [3.8, 4) is 0 Å². The van der Waals surface area contributed by atoms with Crippen molar-refractivity contribution in [1.29, 1.82) is 0 Å². The number of rotatable bonds is 11. The average Bonchev–Trinajstić information content (AvgIpc) is 2.66. The molecule has 1 amide bonds. The Balaban J connectivity index is 0.00000392. The highest BCUT2D eigenvalue weighted by atomic mass is 35.5. The molecule has 1 fully saturated rings. The van der Waals surface area contributed by atoms with Crippen molar-refractivity contribution >= 4 is 40.7 Å². The molecule has 1 aliphatic rings. The van der Waals surface area contributed by atoms with Crippen LogP contribution in [0.3, 0.4) is 0 Å². The van der Waals surface area contributed by atoms with E-state index in [-0.39, 0.29) is 35.6 Å². The first-order valence-corrected chi connectivity index (χ1v) is 11.4. The largest absolute Gasteiger partial charge is 0.352 e. The number of primary sulfonamides is 1. The van der Waals surface area contributed by atoms with Gasteiger partial charge in [0.15, 0.2) is 0 Å². The quantitative estimate of drug-likeness (QED) is 0.371. The third-order valence-corrected chi connectivity index (χ3v) is 5.78. The van der Waals surface area contributed by atoms with E-state index in [1.165, 1.54) is 56.4 Å². The van der Waals surface area contributed by atoms with Crippen LogP contribution in [0.1, 0.15) is 55.3 Å². The maximum atomic E-state index is 12.0. The zero-order valence-electron chi connectivity index (χ0n) is 16.7. The summed E-state index contributed by atoms with van der Waals surface area (Å²) in [7, 11) is -3.73. The van der Waals surface area contributed by atoms with E-state index in [0.29, 0.717) is 18.2 Å². The normalized spacial score (nSPS) is 14.5. The highest BCUT2D eigenvalue weighted by Gasteiger charge is 2.12. The topological polar surface area (TPSA) is 113 Å². The van der Waals surface area contributed by atoms with Gasteiger partial charge >= 0.3 is 0 Å². The Hall–Kier alpha value is -0.900. The highest BCUT2D eigenvalue weighted by Crippen LogP contribution is 2.16. The van der Waals surface area contributed by atoms with Gasteiger partial charge in [0.25, 0.3) is 5.91 Å². The van der Waals surface area contributed by atoms with E-state index in [1.54, 1.807) is 0 Å². The first kappa shape index (κ1) is 28.1. The van der Waals surface area contributed by atoms with Gasteiger partial charge in [-0.25, -0.2) is 13.6 Å². The van der Waals surface area contributed by atoms with Crippen molar-refractivity contribution in [3.05, 3.63) is 29.8 Å². The molecule has 0 heterocycles.